The van der Waals surface area contributed by atoms with Crippen LogP contribution in [0.2, 0.25) is 0 Å². The fourth-order valence-electron chi connectivity index (χ4n) is 1.95. The standard InChI is InChI=1S/C15H12FN3O2/c1-2-14-19-11-8-10(3-4-12(11)21-14)18-15(20)9-5-6-17-13(16)7-9/h3-8H,2H2,1H3,(H,18,20). The quantitative estimate of drug-likeness (QED) is 0.750. The molecule has 2 heterocycles. The SMILES string of the molecule is CCc1nc2cc(NC(=O)c3ccnc(F)c3)ccc2o1. The van der Waals surface area contributed by atoms with Crippen molar-refractivity contribution < 1.29 is 13.6 Å². The molecule has 0 aliphatic rings. The van der Waals surface area contributed by atoms with Crippen LogP contribution in [0.5, 0.6) is 0 Å². The third-order valence-electron chi connectivity index (χ3n) is 2.98. The molecule has 0 bridgehead atoms. The molecule has 0 aliphatic heterocycles. The van der Waals surface area contributed by atoms with Crippen LogP contribution < -0.4 is 5.32 Å². The highest BCUT2D eigenvalue weighted by Crippen LogP contribution is 2.20. The lowest BCUT2D eigenvalue weighted by Gasteiger charge is -2.04. The minimum atomic E-state index is -0.692. The molecule has 1 amide bonds. The first kappa shape index (κ1) is 13.2. The molecular formula is C15H12FN3O2. The molecule has 0 unspecified atom stereocenters. The summed E-state index contributed by atoms with van der Waals surface area (Å²) in [4.78, 5) is 19.7. The number of carbonyl (C=O) groups excluding carboxylic acids is 1. The second kappa shape index (κ2) is 5.32. The molecule has 1 aromatic carbocycles. The lowest BCUT2D eigenvalue weighted by Crippen LogP contribution is -2.12. The average molecular weight is 285 g/mol. The Hall–Kier alpha value is -2.76. The van der Waals surface area contributed by atoms with Crippen molar-refractivity contribution >= 4 is 22.7 Å². The lowest BCUT2D eigenvalue weighted by molar-refractivity contribution is 0.102. The molecule has 21 heavy (non-hydrogen) atoms. The van der Waals surface area contributed by atoms with Crippen molar-refractivity contribution in [2.24, 2.45) is 0 Å². The van der Waals surface area contributed by atoms with Gasteiger partial charge in [0.05, 0.1) is 0 Å². The second-order valence-corrected chi connectivity index (χ2v) is 4.47. The van der Waals surface area contributed by atoms with E-state index in [0.717, 1.165) is 6.07 Å². The van der Waals surface area contributed by atoms with Crippen LogP contribution >= 0.6 is 0 Å². The number of anilines is 1. The van der Waals surface area contributed by atoms with Crippen molar-refractivity contribution in [2.45, 2.75) is 13.3 Å². The zero-order valence-corrected chi connectivity index (χ0v) is 11.3. The Morgan fingerprint density at radius 3 is 2.95 bits per heavy atom. The van der Waals surface area contributed by atoms with Gasteiger partial charge in [-0.1, -0.05) is 6.92 Å². The van der Waals surface area contributed by atoms with Gasteiger partial charge in [-0.05, 0) is 24.3 Å². The number of hydrogen-bond acceptors (Lipinski definition) is 4. The van der Waals surface area contributed by atoms with Crippen molar-refractivity contribution in [3.63, 3.8) is 0 Å². The van der Waals surface area contributed by atoms with E-state index in [0.29, 0.717) is 29.1 Å². The number of amides is 1. The Labute approximate surface area is 119 Å². The summed E-state index contributed by atoms with van der Waals surface area (Å²) in [5.74, 6) is -0.457. The van der Waals surface area contributed by atoms with Gasteiger partial charge in [0.2, 0.25) is 5.95 Å². The van der Waals surface area contributed by atoms with Crippen LogP contribution in [0.15, 0.2) is 40.9 Å². The number of nitrogens with zero attached hydrogens (tertiary/aromatic N) is 2. The third-order valence-corrected chi connectivity index (χ3v) is 2.98. The fraction of sp³-hybridized carbons (Fsp3) is 0.133. The Bertz CT molecular complexity index is 814. The van der Waals surface area contributed by atoms with Crippen molar-refractivity contribution in [1.29, 1.82) is 0 Å². The lowest BCUT2D eigenvalue weighted by atomic mass is 10.2. The Morgan fingerprint density at radius 1 is 1.33 bits per heavy atom. The predicted octanol–water partition coefficient (Wildman–Crippen LogP) is 3.18. The van der Waals surface area contributed by atoms with E-state index in [9.17, 15) is 9.18 Å². The predicted molar refractivity (Wildman–Crippen MR) is 75.5 cm³/mol. The first-order valence-electron chi connectivity index (χ1n) is 6.48. The van der Waals surface area contributed by atoms with E-state index in [1.807, 2.05) is 6.92 Å². The number of hydrogen-bond donors (Lipinski definition) is 1. The number of aromatic nitrogens is 2. The number of pyridine rings is 1. The Balaban J connectivity index is 1.85. The van der Waals surface area contributed by atoms with Gasteiger partial charge in [-0.3, -0.25) is 4.79 Å². The largest absolute Gasteiger partial charge is 0.441 e. The molecule has 6 heteroatoms. The van der Waals surface area contributed by atoms with Gasteiger partial charge in [0, 0.05) is 29.9 Å². The highest BCUT2D eigenvalue weighted by Gasteiger charge is 2.09. The summed E-state index contributed by atoms with van der Waals surface area (Å²) in [6.07, 6.45) is 1.95. The molecule has 0 saturated heterocycles. The van der Waals surface area contributed by atoms with E-state index < -0.39 is 11.9 Å². The second-order valence-electron chi connectivity index (χ2n) is 4.47. The minimum absolute atomic E-state index is 0.206. The van der Waals surface area contributed by atoms with E-state index in [2.05, 4.69) is 15.3 Å². The molecule has 0 saturated carbocycles. The van der Waals surface area contributed by atoms with Gasteiger partial charge in [0.25, 0.3) is 5.91 Å². The van der Waals surface area contributed by atoms with E-state index in [4.69, 9.17) is 4.42 Å². The van der Waals surface area contributed by atoms with Crippen LogP contribution in [0, 0.1) is 5.95 Å². The topological polar surface area (TPSA) is 68.0 Å². The molecule has 0 spiro atoms. The summed E-state index contributed by atoms with van der Waals surface area (Å²) >= 11 is 0. The van der Waals surface area contributed by atoms with Gasteiger partial charge in [0.1, 0.15) is 5.52 Å². The summed E-state index contributed by atoms with van der Waals surface area (Å²) < 4.78 is 18.5. The highest BCUT2D eigenvalue weighted by atomic mass is 19.1. The van der Waals surface area contributed by atoms with Crippen LogP contribution in [0.4, 0.5) is 10.1 Å². The van der Waals surface area contributed by atoms with E-state index >= 15 is 0 Å². The molecule has 0 radical (unpaired) electrons. The molecular weight excluding hydrogens is 273 g/mol. The third kappa shape index (κ3) is 2.74. The van der Waals surface area contributed by atoms with Crippen LogP contribution in [0.1, 0.15) is 23.2 Å². The van der Waals surface area contributed by atoms with Gasteiger partial charge >= 0.3 is 0 Å². The summed E-state index contributed by atoms with van der Waals surface area (Å²) in [6.45, 7) is 1.95. The number of carbonyl (C=O) groups is 1. The van der Waals surface area contributed by atoms with E-state index in [-0.39, 0.29) is 5.56 Å². The molecule has 0 aliphatic carbocycles. The van der Waals surface area contributed by atoms with Crippen LogP contribution in [-0.2, 0) is 6.42 Å². The number of oxazole rings is 1. The number of fused-ring (bicyclic) bond motifs is 1. The van der Waals surface area contributed by atoms with Crippen LogP contribution in [0.3, 0.4) is 0 Å². The maximum Gasteiger partial charge on any atom is 0.255 e. The van der Waals surface area contributed by atoms with Crippen molar-refractivity contribution in [3.05, 3.63) is 53.9 Å². The smallest absolute Gasteiger partial charge is 0.255 e. The van der Waals surface area contributed by atoms with Crippen LogP contribution in [-0.4, -0.2) is 15.9 Å². The number of aryl methyl sites for hydroxylation is 1. The highest BCUT2D eigenvalue weighted by molar-refractivity contribution is 6.04. The fourth-order valence-corrected chi connectivity index (χ4v) is 1.95. The van der Waals surface area contributed by atoms with Gasteiger partial charge in [0.15, 0.2) is 11.5 Å². The normalized spacial score (nSPS) is 10.8. The molecule has 106 valence electrons. The molecule has 1 N–H and O–H groups in total. The number of nitrogens with one attached hydrogen (secondary N) is 1. The van der Waals surface area contributed by atoms with Gasteiger partial charge in [-0.15, -0.1) is 0 Å². The maximum absolute atomic E-state index is 13.0. The van der Waals surface area contributed by atoms with E-state index in [1.165, 1.54) is 12.3 Å². The molecule has 2 aromatic heterocycles. The first-order valence-corrected chi connectivity index (χ1v) is 6.48. The van der Waals surface area contributed by atoms with Crippen molar-refractivity contribution in [3.8, 4) is 0 Å². The zero-order valence-electron chi connectivity index (χ0n) is 11.3. The zero-order chi connectivity index (χ0) is 14.8. The Morgan fingerprint density at radius 2 is 2.19 bits per heavy atom. The minimum Gasteiger partial charge on any atom is -0.441 e. The van der Waals surface area contributed by atoms with Crippen LogP contribution in [0.25, 0.3) is 11.1 Å². The summed E-state index contributed by atoms with van der Waals surface area (Å²) in [5, 5.41) is 2.69. The van der Waals surface area contributed by atoms with Crippen molar-refractivity contribution in [1.82, 2.24) is 9.97 Å². The van der Waals surface area contributed by atoms with Gasteiger partial charge in [-0.2, -0.15) is 4.39 Å². The van der Waals surface area contributed by atoms with E-state index in [1.54, 1.807) is 18.2 Å². The number of benzene rings is 1. The van der Waals surface area contributed by atoms with Gasteiger partial charge < -0.3 is 9.73 Å². The first-order chi connectivity index (χ1) is 10.2. The monoisotopic (exact) mass is 285 g/mol. The summed E-state index contributed by atoms with van der Waals surface area (Å²) in [7, 11) is 0. The Kier molecular flexibility index (Phi) is 3.35. The van der Waals surface area contributed by atoms with Crippen molar-refractivity contribution in [2.75, 3.05) is 5.32 Å². The summed E-state index contributed by atoms with van der Waals surface area (Å²) in [6, 6.07) is 7.70. The average Bonchev–Trinajstić information content (AvgIpc) is 2.89. The summed E-state index contributed by atoms with van der Waals surface area (Å²) in [5.41, 5.74) is 2.11. The maximum atomic E-state index is 13.0. The number of halogens is 1. The number of rotatable bonds is 3. The molecule has 3 rings (SSSR count). The molecule has 0 fully saturated rings. The molecule has 0 atom stereocenters. The molecule has 5 nitrogen and oxygen atoms in total. The molecule has 3 aromatic rings. The van der Waals surface area contributed by atoms with Gasteiger partial charge in [-0.25, -0.2) is 9.97 Å².